The SMILES string of the molecule is COc1ccc(CC(=O)Nc2ncc(Cc3cccc(Cl)c3Cl)s2)cc1OC. The van der Waals surface area contributed by atoms with Crippen molar-refractivity contribution < 1.29 is 14.3 Å². The van der Waals surface area contributed by atoms with Gasteiger partial charge in [-0.05, 0) is 29.3 Å². The molecule has 28 heavy (non-hydrogen) atoms. The molecule has 0 radical (unpaired) electrons. The summed E-state index contributed by atoms with van der Waals surface area (Å²) in [4.78, 5) is 17.6. The fraction of sp³-hybridized carbons (Fsp3) is 0.200. The Kier molecular flexibility index (Phi) is 6.78. The molecule has 1 amide bonds. The van der Waals surface area contributed by atoms with Crippen LogP contribution in [0.3, 0.4) is 0 Å². The van der Waals surface area contributed by atoms with E-state index in [4.69, 9.17) is 32.7 Å². The summed E-state index contributed by atoms with van der Waals surface area (Å²) in [6.07, 6.45) is 2.53. The first-order valence-corrected chi connectivity index (χ1v) is 9.95. The zero-order valence-corrected chi connectivity index (χ0v) is 17.6. The lowest BCUT2D eigenvalue weighted by atomic mass is 10.1. The summed E-state index contributed by atoms with van der Waals surface area (Å²) >= 11 is 13.7. The molecule has 0 aliphatic rings. The van der Waals surface area contributed by atoms with Crippen LogP contribution in [0.4, 0.5) is 5.13 Å². The second-order valence-electron chi connectivity index (χ2n) is 5.94. The van der Waals surface area contributed by atoms with E-state index in [2.05, 4.69) is 10.3 Å². The largest absolute Gasteiger partial charge is 0.493 e. The van der Waals surface area contributed by atoms with E-state index in [-0.39, 0.29) is 12.3 Å². The number of methoxy groups -OCH3 is 2. The summed E-state index contributed by atoms with van der Waals surface area (Å²) in [5.74, 6) is 1.05. The third-order valence-electron chi connectivity index (χ3n) is 4.01. The van der Waals surface area contributed by atoms with Crippen LogP contribution in [0.25, 0.3) is 0 Å². The van der Waals surface area contributed by atoms with Crippen LogP contribution in [0.1, 0.15) is 16.0 Å². The van der Waals surface area contributed by atoms with Crippen molar-refractivity contribution in [1.82, 2.24) is 4.98 Å². The number of anilines is 1. The highest BCUT2D eigenvalue weighted by Crippen LogP contribution is 2.30. The second kappa shape index (κ2) is 9.28. The van der Waals surface area contributed by atoms with Gasteiger partial charge in [-0.3, -0.25) is 4.79 Å². The van der Waals surface area contributed by atoms with Crippen LogP contribution >= 0.6 is 34.5 Å². The molecule has 8 heteroatoms. The minimum atomic E-state index is -0.158. The first-order valence-electron chi connectivity index (χ1n) is 8.38. The number of amides is 1. The quantitative estimate of drug-likeness (QED) is 0.549. The average Bonchev–Trinajstić information content (AvgIpc) is 3.12. The van der Waals surface area contributed by atoms with Crippen molar-refractivity contribution >= 4 is 45.6 Å². The maximum atomic E-state index is 12.3. The van der Waals surface area contributed by atoms with Crippen molar-refractivity contribution in [3.05, 3.63) is 68.6 Å². The first kappa shape index (κ1) is 20.5. The minimum Gasteiger partial charge on any atom is -0.493 e. The molecule has 0 bridgehead atoms. The molecule has 1 aromatic heterocycles. The van der Waals surface area contributed by atoms with E-state index in [1.807, 2.05) is 18.2 Å². The van der Waals surface area contributed by atoms with Crippen LogP contribution in [-0.2, 0) is 17.6 Å². The molecule has 5 nitrogen and oxygen atoms in total. The fourth-order valence-electron chi connectivity index (χ4n) is 2.66. The van der Waals surface area contributed by atoms with Crippen molar-refractivity contribution in [2.75, 3.05) is 19.5 Å². The van der Waals surface area contributed by atoms with Gasteiger partial charge < -0.3 is 14.8 Å². The molecule has 1 N–H and O–H groups in total. The lowest BCUT2D eigenvalue weighted by Crippen LogP contribution is -2.14. The summed E-state index contributed by atoms with van der Waals surface area (Å²) in [6, 6.07) is 10.9. The number of halogens is 2. The number of benzene rings is 2. The minimum absolute atomic E-state index is 0.158. The lowest BCUT2D eigenvalue weighted by Gasteiger charge is -2.09. The number of thiazole rings is 1. The zero-order valence-electron chi connectivity index (χ0n) is 15.3. The number of carbonyl (C=O) groups excluding carboxylic acids is 1. The third kappa shape index (κ3) is 4.95. The Labute approximate surface area is 177 Å². The van der Waals surface area contributed by atoms with E-state index in [1.54, 1.807) is 38.6 Å². The molecule has 0 fully saturated rings. The molecule has 0 saturated heterocycles. The fourth-order valence-corrected chi connectivity index (χ4v) is 3.90. The first-order chi connectivity index (χ1) is 13.5. The number of rotatable bonds is 7. The molecule has 0 spiro atoms. The van der Waals surface area contributed by atoms with Crippen molar-refractivity contribution in [2.24, 2.45) is 0 Å². The molecular weight excluding hydrogens is 419 g/mol. The summed E-state index contributed by atoms with van der Waals surface area (Å²) in [5.41, 5.74) is 1.73. The molecule has 146 valence electrons. The van der Waals surface area contributed by atoms with Gasteiger partial charge in [0, 0.05) is 17.5 Å². The summed E-state index contributed by atoms with van der Waals surface area (Å²) in [7, 11) is 3.13. The van der Waals surface area contributed by atoms with E-state index in [9.17, 15) is 4.79 Å². The molecule has 0 unspecified atom stereocenters. The highest BCUT2D eigenvalue weighted by Gasteiger charge is 2.12. The van der Waals surface area contributed by atoms with E-state index >= 15 is 0 Å². The van der Waals surface area contributed by atoms with E-state index in [0.717, 1.165) is 16.0 Å². The number of nitrogens with one attached hydrogen (secondary N) is 1. The monoisotopic (exact) mass is 436 g/mol. The van der Waals surface area contributed by atoms with Gasteiger partial charge in [0.1, 0.15) is 0 Å². The van der Waals surface area contributed by atoms with Crippen LogP contribution in [0.2, 0.25) is 10.0 Å². The number of hydrogen-bond acceptors (Lipinski definition) is 5. The number of hydrogen-bond donors (Lipinski definition) is 1. The summed E-state index contributed by atoms with van der Waals surface area (Å²) < 4.78 is 10.5. The summed E-state index contributed by atoms with van der Waals surface area (Å²) in [6.45, 7) is 0. The van der Waals surface area contributed by atoms with Gasteiger partial charge in [-0.2, -0.15) is 0 Å². The Balaban J connectivity index is 1.63. The van der Waals surface area contributed by atoms with Gasteiger partial charge in [0.15, 0.2) is 16.6 Å². The van der Waals surface area contributed by atoms with E-state index in [1.165, 1.54) is 11.3 Å². The lowest BCUT2D eigenvalue weighted by molar-refractivity contribution is -0.115. The van der Waals surface area contributed by atoms with Crippen LogP contribution in [0, 0.1) is 0 Å². The molecule has 0 aliphatic heterocycles. The molecule has 2 aromatic carbocycles. The molecule has 3 rings (SSSR count). The summed E-state index contributed by atoms with van der Waals surface area (Å²) in [5, 5.41) is 4.43. The van der Waals surface area contributed by atoms with Crippen LogP contribution in [0.5, 0.6) is 11.5 Å². The van der Waals surface area contributed by atoms with Gasteiger partial charge in [-0.25, -0.2) is 4.98 Å². The van der Waals surface area contributed by atoms with Crippen LogP contribution in [-0.4, -0.2) is 25.1 Å². The van der Waals surface area contributed by atoms with Crippen molar-refractivity contribution in [2.45, 2.75) is 12.8 Å². The van der Waals surface area contributed by atoms with Crippen molar-refractivity contribution in [3.63, 3.8) is 0 Å². The predicted octanol–water partition coefficient (Wildman–Crippen LogP) is 5.24. The van der Waals surface area contributed by atoms with Gasteiger partial charge in [0.05, 0.1) is 30.7 Å². The Morgan fingerprint density at radius 1 is 1.14 bits per heavy atom. The van der Waals surface area contributed by atoms with Gasteiger partial charge in [0.2, 0.25) is 5.91 Å². The molecule has 1 heterocycles. The maximum Gasteiger partial charge on any atom is 0.230 e. The second-order valence-corrected chi connectivity index (χ2v) is 7.84. The number of ether oxygens (including phenoxy) is 2. The Morgan fingerprint density at radius 3 is 2.68 bits per heavy atom. The van der Waals surface area contributed by atoms with Crippen LogP contribution in [0.15, 0.2) is 42.6 Å². The third-order valence-corrected chi connectivity index (χ3v) is 5.78. The standard InChI is InChI=1S/C20H18Cl2N2O3S/c1-26-16-7-6-12(8-17(16)27-2)9-18(25)24-20-23-11-14(28-20)10-13-4-3-5-15(21)19(13)22/h3-8,11H,9-10H2,1-2H3,(H,23,24,25). The Bertz CT molecular complexity index is 991. The number of carbonyl (C=O) groups is 1. The molecule has 3 aromatic rings. The molecule has 0 atom stereocenters. The van der Waals surface area contributed by atoms with Gasteiger partial charge >= 0.3 is 0 Å². The van der Waals surface area contributed by atoms with Gasteiger partial charge in [0.25, 0.3) is 0 Å². The normalized spacial score (nSPS) is 10.6. The highest BCUT2D eigenvalue weighted by molar-refractivity contribution is 7.15. The van der Waals surface area contributed by atoms with Crippen molar-refractivity contribution in [1.29, 1.82) is 0 Å². The predicted molar refractivity (Wildman–Crippen MR) is 113 cm³/mol. The highest BCUT2D eigenvalue weighted by atomic mass is 35.5. The van der Waals surface area contributed by atoms with E-state index < -0.39 is 0 Å². The zero-order chi connectivity index (χ0) is 20.1. The Hall–Kier alpha value is -2.28. The molecular formula is C20H18Cl2N2O3S. The smallest absolute Gasteiger partial charge is 0.230 e. The number of aromatic nitrogens is 1. The molecule has 0 aliphatic carbocycles. The molecule has 0 saturated carbocycles. The van der Waals surface area contributed by atoms with Gasteiger partial charge in [-0.1, -0.05) is 41.4 Å². The van der Waals surface area contributed by atoms with E-state index in [0.29, 0.717) is 33.1 Å². The van der Waals surface area contributed by atoms with Gasteiger partial charge in [-0.15, -0.1) is 11.3 Å². The Morgan fingerprint density at radius 2 is 1.93 bits per heavy atom. The topological polar surface area (TPSA) is 60.5 Å². The van der Waals surface area contributed by atoms with Crippen LogP contribution < -0.4 is 14.8 Å². The number of nitrogens with zero attached hydrogens (tertiary/aromatic N) is 1. The van der Waals surface area contributed by atoms with Crippen molar-refractivity contribution in [3.8, 4) is 11.5 Å². The average molecular weight is 437 g/mol. The maximum absolute atomic E-state index is 12.3.